The number of piperidine rings is 1. The summed E-state index contributed by atoms with van der Waals surface area (Å²) >= 11 is 6.59. The number of amides is 1. The molecule has 0 atom stereocenters. The van der Waals surface area contributed by atoms with Crippen molar-refractivity contribution < 1.29 is 13.2 Å². The lowest BCUT2D eigenvalue weighted by molar-refractivity contribution is -0.128. The van der Waals surface area contributed by atoms with E-state index in [1.54, 1.807) is 19.4 Å². The Balaban J connectivity index is 1.50. The number of benzene rings is 1. The number of hydrogen-bond donors (Lipinski definition) is 1. The van der Waals surface area contributed by atoms with Crippen LogP contribution in [-0.2, 0) is 20.6 Å². The molecule has 9 heteroatoms. The normalized spacial score (nSPS) is 21.7. The third-order valence-corrected chi connectivity index (χ3v) is 8.75. The summed E-state index contributed by atoms with van der Waals surface area (Å²) in [6, 6.07) is 5.69. The molecule has 1 amide bonds. The molecule has 1 aromatic heterocycles. The average Bonchev–Trinajstić information content (AvgIpc) is 3.18. The van der Waals surface area contributed by atoms with Gasteiger partial charge >= 0.3 is 0 Å². The van der Waals surface area contributed by atoms with Gasteiger partial charge < -0.3 is 10.2 Å². The number of nitrogens with one attached hydrogen (secondary N) is 1. The van der Waals surface area contributed by atoms with Crippen molar-refractivity contribution in [3.8, 4) is 11.1 Å². The lowest BCUT2D eigenvalue weighted by Crippen LogP contribution is -2.44. The Bertz CT molecular complexity index is 1140. The van der Waals surface area contributed by atoms with Gasteiger partial charge in [-0.3, -0.25) is 14.1 Å². The predicted octanol–water partition coefficient (Wildman–Crippen LogP) is 2.79. The fourth-order valence-corrected chi connectivity index (χ4v) is 6.48. The number of carbonyl (C=O) groups is 1. The maximum atomic E-state index is 12.3. The van der Waals surface area contributed by atoms with Crippen LogP contribution in [0.5, 0.6) is 0 Å². The molecule has 2 aromatic rings. The van der Waals surface area contributed by atoms with Crippen molar-refractivity contribution in [2.75, 3.05) is 35.9 Å². The zero-order valence-electron chi connectivity index (χ0n) is 16.7. The molecule has 7 nitrogen and oxygen atoms in total. The SMILES string of the molecule is CN1c2cc(-c3cncc(Cl)c3N3CCC4(CCNC4=O)CC3)ccc2CS1(=O)=O. The minimum Gasteiger partial charge on any atom is -0.370 e. The number of nitrogens with zero attached hydrogens (tertiary/aromatic N) is 3. The Labute approximate surface area is 181 Å². The van der Waals surface area contributed by atoms with Crippen LogP contribution in [0.2, 0.25) is 5.02 Å². The van der Waals surface area contributed by atoms with Crippen molar-refractivity contribution in [1.82, 2.24) is 10.3 Å². The smallest absolute Gasteiger partial charge is 0.239 e. The third kappa shape index (κ3) is 2.96. The van der Waals surface area contributed by atoms with Gasteiger partial charge in [0.2, 0.25) is 15.9 Å². The van der Waals surface area contributed by atoms with Crippen molar-refractivity contribution in [1.29, 1.82) is 0 Å². The molecule has 4 heterocycles. The van der Waals surface area contributed by atoms with E-state index in [0.717, 1.165) is 61.3 Å². The van der Waals surface area contributed by atoms with Crippen molar-refractivity contribution >= 4 is 38.9 Å². The lowest BCUT2D eigenvalue weighted by Gasteiger charge is -2.39. The monoisotopic (exact) mass is 446 g/mol. The summed E-state index contributed by atoms with van der Waals surface area (Å²) in [6.45, 7) is 2.23. The molecule has 0 radical (unpaired) electrons. The van der Waals surface area contributed by atoms with Gasteiger partial charge in [0.25, 0.3) is 0 Å². The van der Waals surface area contributed by atoms with Crippen LogP contribution < -0.4 is 14.5 Å². The number of carbonyl (C=O) groups excluding carboxylic acids is 1. The van der Waals surface area contributed by atoms with Crippen molar-refractivity contribution in [2.24, 2.45) is 5.41 Å². The summed E-state index contributed by atoms with van der Waals surface area (Å²) in [5.74, 6) is 0.196. The standard InChI is InChI=1S/C21H23ClN4O3S/c1-25-18-10-14(2-3-15(18)13-30(25,28)29)16-11-23-12-17(22)19(16)26-8-5-21(6-9-26)4-7-24-20(21)27/h2-3,10-12H,4-9,13H2,1H3,(H,24,27). The molecule has 2 saturated heterocycles. The summed E-state index contributed by atoms with van der Waals surface area (Å²) in [5.41, 5.74) is 3.88. The van der Waals surface area contributed by atoms with Crippen molar-refractivity contribution in [2.45, 2.75) is 25.0 Å². The van der Waals surface area contributed by atoms with Crippen LogP contribution in [0.3, 0.4) is 0 Å². The fourth-order valence-electron chi connectivity index (χ4n) is 4.90. The Morgan fingerprint density at radius 2 is 1.93 bits per heavy atom. The Kier molecular flexibility index (Phi) is 4.48. The number of halogens is 1. The molecule has 1 spiro atoms. The molecule has 3 aliphatic heterocycles. The Morgan fingerprint density at radius 3 is 2.63 bits per heavy atom. The summed E-state index contributed by atoms with van der Waals surface area (Å²) in [4.78, 5) is 18.8. The lowest BCUT2D eigenvalue weighted by atomic mass is 9.77. The molecule has 0 bridgehead atoms. The van der Waals surface area contributed by atoms with Gasteiger partial charge in [0, 0.05) is 44.6 Å². The van der Waals surface area contributed by atoms with E-state index in [0.29, 0.717) is 10.7 Å². The van der Waals surface area contributed by atoms with E-state index in [9.17, 15) is 13.2 Å². The topological polar surface area (TPSA) is 82.6 Å². The average molecular weight is 447 g/mol. The van der Waals surface area contributed by atoms with E-state index in [1.165, 1.54) is 4.31 Å². The number of fused-ring (bicyclic) bond motifs is 1. The van der Waals surface area contributed by atoms with E-state index in [-0.39, 0.29) is 17.1 Å². The second-order valence-electron chi connectivity index (χ2n) is 8.36. The summed E-state index contributed by atoms with van der Waals surface area (Å²) in [6.07, 6.45) is 5.89. The molecule has 3 aliphatic rings. The van der Waals surface area contributed by atoms with Crippen molar-refractivity contribution in [3.05, 3.63) is 41.2 Å². The zero-order chi connectivity index (χ0) is 21.1. The molecule has 0 unspecified atom stereocenters. The molecule has 0 aliphatic carbocycles. The van der Waals surface area contributed by atoms with Crippen LogP contribution in [0.1, 0.15) is 24.8 Å². The van der Waals surface area contributed by atoms with E-state index < -0.39 is 10.0 Å². The van der Waals surface area contributed by atoms with Gasteiger partial charge in [0.05, 0.1) is 27.6 Å². The second-order valence-corrected chi connectivity index (χ2v) is 10.8. The first-order valence-corrected chi connectivity index (χ1v) is 12.1. The first-order valence-electron chi connectivity index (χ1n) is 10.1. The zero-order valence-corrected chi connectivity index (χ0v) is 18.3. The maximum Gasteiger partial charge on any atom is 0.239 e. The highest BCUT2D eigenvalue weighted by Gasteiger charge is 2.44. The number of aromatic nitrogens is 1. The van der Waals surface area contributed by atoms with Gasteiger partial charge in [0.15, 0.2) is 0 Å². The van der Waals surface area contributed by atoms with Gasteiger partial charge in [-0.1, -0.05) is 23.7 Å². The van der Waals surface area contributed by atoms with Crippen LogP contribution in [0.4, 0.5) is 11.4 Å². The number of rotatable bonds is 2. The third-order valence-electron chi connectivity index (χ3n) is 6.77. The van der Waals surface area contributed by atoms with Crippen LogP contribution in [0, 0.1) is 5.41 Å². The molecule has 2 fully saturated rings. The molecule has 5 rings (SSSR count). The highest BCUT2D eigenvalue weighted by molar-refractivity contribution is 7.92. The van der Waals surface area contributed by atoms with Crippen LogP contribution in [-0.4, -0.2) is 46.0 Å². The Morgan fingerprint density at radius 1 is 1.17 bits per heavy atom. The fraction of sp³-hybridized carbons (Fsp3) is 0.429. The largest absolute Gasteiger partial charge is 0.370 e. The highest BCUT2D eigenvalue weighted by atomic mass is 35.5. The molecule has 0 saturated carbocycles. The summed E-state index contributed by atoms with van der Waals surface area (Å²) < 4.78 is 25.8. The van der Waals surface area contributed by atoms with Crippen LogP contribution in [0.25, 0.3) is 11.1 Å². The molecular weight excluding hydrogens is 424 g/mol. The number of anilines is 2. The summed E-state index contributed by atoms with van der Waals surface area (Å²) in [5, 5.41) is 3.53. The number of hydrogen-bond acceptors (Lipinski definition) is 5. The highest BCUT2D eigenvalue weighted by Crippen LogP contribution is 2.44. The van der Waals surface area contributed by atoms with Crippen molar-refractivity contribution in [3.63, 3.8) is 0 Å². The van der Waals surface area contributed by atoms with Crippen LogP contribution in [0.15, 0.2) is 30.6 Å². The van der Waals surface area contributed by atoms with E-state index in [4.69, 9.17) is 11.6 Å². The molecule has 30 heavy (non-hydrogen) atoms. The molecule has 158 valence electrons. The predicted molar refractivity (Wildman–Crippen MR) is 117 cm³/mol. The van der Waals surface area contributed by atoms with Gasteiger partial charge in [-0.2, -0.15) is 0 Å². The Hall–Kier alpha value is -2.32. The number of sulfonamides is 1. The van der Waals surface area contributed by atoms with Gasteiger partial charge in [-0.15, -0.1) is 0 Å². The maximum absolute atomic E-state index is 12.3. The second kappa shape index (κ2) is 6.85. The van der Waals surface area contributed by atoms with Gasteiger partial charge in [-0.25, -0.2) is 8.42 Å². The molecule has 1 aromatic carbocycles. The van der Waals surface area contributed by atoms with Crippen LogP contribution >= 0.6 is 11.6 Å². The minimum atomic E-state index is -3.30. The van der Waals surface area contributed by atoms with Gasteiger partial charge in [-0.05, 0) is 36.5 Å². The quantitative estimate of drug-likeness (QED) is 0.767. The summed E-state index contributed by atoms with van der Waals surface area (Å²) in [7, 11) is -1.71. The van der Waals surface area contributed by atoms with Gasteiger partial charge in [0.1, 0.15) is 0 Å². The van der Waals surface area contributed by atoms with E-state index in [2.05, 4.69) is 15.2 Å². The number of pyridine rings is 1. The minimum absolute atomic E-state index is 0.0238. The molecular formula is C21H23ClN4O3S. The first kappa shape index (κ1) is 19.6. The van der Waals surface area contributed by atoms with E-state index >= 15 is 0 Å². The first-order chi connectivity index (χ1) is 14.3. The molecule has 1 N–H and O–H groups in total. The van der Waals surface area contributed by atoms with E-state index in [1.807, 2.05) is 18.2 Å².